The van der Waals surface area contributed by atoms with Crippen LogP contribution >= 0.6 is 11.3 Å². The predicted octanol–water partition coefficient (Wildman–Crippen LogP) is 1.09. The summed E-state index contributed by atoms with van der Waals surface area (Å²) >= 11 is 1.73. The van der Waals surface area contributed by atoms with Crippen LogP contribution in [0.1, 0.15) is 23.7 Å². The van der Waals surface area contributed by atoms with Crippen LogP contribution in [0.2, 0.25) is 0 Å². The lowest BCUT2D eigenvalue weighted by Crippen LogP contribution is -2.55. The minimum absolute atomic E-state index is 0.377. The quantitative estimate of drug-likeness (QED) is 0.877. The minimum Gasteiger partial charge on any atom is -0.329 e. The Balaban J connectivity index is 2.09. The molecule has 1 aromatic heterocycles. The molecule has 0 aliphatic carbocycles. The molecule has 0 radical (unpaired) electrons. The van der Waals surface area contributed by atoms with Gasteiger partial charge in [0.05, 0.1) is 16.7 Å². The highest BCUT2D eigenvalue weighted by molar-refractivity contribution is 7.09. The van der Waals surface area contributed by atoms with Crippen molar-refractivity contribution in [3.8, 4) is 0 Å². The van der Waals surface area contributed by atoms with Gasteiger partial charge >= 0.3 is 0 Å². The monoisotopic (exact) mass is 254 g/mol. The number of nitrogens with two attached hydrogens (primary N) is 1. The van der Waals surface area contributed by atoms with Gasteiger partial charge in [0, 0.05) is 37.6 Å². The summed E-state index contributed by atoms with van der Waals surface area (Å²) in [6.45, 7) is 8.27. The van der Waals surface area contributed by atoms with Gasteiger partial charge in [0.2, 0.25) is 0 Å². The van der Waals surface area contributed by atoms with E-state index in [0.29, 0.717) is 12.1 Å². The minimum atomic E-state index is 0.377. The van der Waals surface area contributed by atoms with Crippen molar-refractivity contribution in [1.82, 2.24) is 14.8 Å². The lowest BCUT2D eigenvalue weighted by molar-refractivity contribution is 0.0608. The Labute approximate surface area is 107 Å². The molecular formula is C12H22N4S. The standard InChI is InChI=1S/C12H22N4S/c1-9(12-8-17-10(2)14-12)16-5-4-15(3)7-11(16)6-13/h8-9,11H,4-7,13H2,1-3H3. The van der Waals surface area contributed by atoms with Crippen LogP contribution in [0.3, 0.4) is 0 Å². The number of piperazine rings is 1. The molecule has 4 nitrogen and oxygen atoms in total. The van der Waals surface area contributed by atoms with Crippen molar-refractivity contribution in [3.63, 3.8) is 0 Å². The molecular weight excluding hydrogens is 232 g/mol. The van der Waals surface area contributed by atoms with Crippen molar-refractivity contribution in [1.29, 1.82) is 0 Å². The molecule has 1 saturated heterocycles. The maximum atomic E-state index is 5.89. The van der Waals surface area contributed by atoms with Crippen LogP contribution < -0.4 is 5.73 Å². The average molecular weight is 254 g/mol. The van der Waals surface area contributed by atoms with Gasteiger partial charge in [0.25, 0.3) is 0 Å². The average Bonchev–Trinajstić information content (AvgIpc) is 2.75. The Morgan fingerprint density at radius 3 is 2.94 bits per heavy atom. The molecule has 0 bridgehead atoms. The molecule has 5 heteroatoms. The SMILES string of the molecule is Cc1nc(C(C)N2CCN(C)CC2CN)cs1. The molecule has 2 rings (SSSR count). The van der Waals surface area contributed by atoms with Crippen molar-refractivity contribution >= 4 is 11.3 Å². The third-order valence-electron chi connectivity index (χ3n) is 3.57. The molecule has 0 saturated carbocycles. The van der Waals surface area contributed by atoms with Crippen LogP contribution in [-0.4, -0.2) is 54.1 Å². The van der Waals surface area contributed by atoms with Gasteiger partial charge in [0.1, 0.15) is 0 Å². The molecule has 2 heterocycles. The third kappa shape index (κ3) is 2.85. The van der Waals surface area contributed by atoms with Crippen LogP contribution in [0.5, 0.6) is 0 Å². The summed E-state index contributed by atoms with van der Waals surface area (Å²) in [6, 6.07) is 0.827. The normalized spacial score (nSPS) is 25.1. The zero-order valence-corrected chi connectivity index (χ0v) is 11.7. The van der Waals surface area contributed by atoms with Crippen LogP contribution in [0, 0.1) is 6.92 Å². The number of thiazole rings is 1. The second-order valence-corrected chi connectivity index (χ2v) is 5.92. The molecule has 2 N–H and O–H groups in total. The van der Waals surface area contributed by atoms with Gasteiger partial charge in [-0.25, -0.2) is 4.98 Å². The van der Waals surface area contributed by atoms with E-state index in [0.717, 1.165) is 31.2 Å². The van der Waals surface area contributed by atoms with Crippen molar-refractivity contribution in [2.75, 3.05) is 33.2 Å². The number of hydrogen-bond acceptors (Lipinski definition) is 5. The molecule has 2 atom stereocenters. The van der Waals surface area contributed by atoms with E-state index in [2.05, 4.69) is 41.1 Å². The van der Waals surface area contributed by atoms with E-state index in [1.807, 2.05) is 0 Å². The largest absolute Gasteiger partial charge is 0.329 e. The lowest BCUT2D eigenvalue weighted by Gasteiger charge is -2.42. The Hall–Kier alpha value is -0.490. The molecule has 1 fully saturated rings. The number of hydrogen-bond donors (Lipinski definition) is 1. The van der Waals surface area contributed by atoms with Crippen LogP contribution in [0.25, 0.3) is 0 Å². The molecule has 0 amide bonds. The highest BCUT2D eigenvalue weighted by atomic mass is 32.1. The summed E-state index contributed by atoms with van der Waals surface area (Å²) in [5.41, 5.74) is 7.08. The Morgan fingerprint density at radius 1 is 1.59 bits per heavy atom. The maximum absolute atomic E-state index is 5.89. The summed E-state index contributed by atoms with van der Waals surface area (Å²) < 4.78 is 0. The van der Waals surface area contributed by atoms with Gasteiger partial charge in [-0.1, -0.05) is 0 Å². The fraction of sp³-hybridized carbons (Fsp3) is 0.750. The van der Waals surface area contributed by atoms with E-state index < -0.39 is 0 Å². The summed E-state index contributed by atoms with van der Waals surface area (Å²) in [4.78, 5) is 9.44. The van der Waals surface area contributed by atoms with Gasteiger partial charge in [-0.15, -0.1) is 11.3 Å². The number of rotatable bonds is 3. The van der Waals surface area contributed by atoms with E-state index in [1.54, 1.807) is 11.3 Å². The first-order chi connectivity index (χ1) is 8.11. The Bertz CT molecular complexity index is 365. The summed E-state index contributed by atoms with van der Waals surface area (Å²) in [5.74, 6) is 0. The fourth-order valence-electron chi connectivity index (χ4n) is 2.49. The van der Waals surface area contributed by atoms with E-state index in [4.69, 9.17) is 5.73 Å². The third-order valence-corrected chi connectivity index (χ3v) is 4.36. The van der Waals surface area contributed by atoms with Crippen molar-refractivity contribution in [2.24, 2.45) is 5.73 Å². The second kappa shape index (κ2) is 5.44. The van der Waals surface area contributed by atoms with Gasteiger partial charge < -0.3 is 10.6 Å². The topological polar surface area (TPSA) is 45.4 Å². The van der Waals surface area contributed by atoms with E-state index in [1.165, 1.54) is 5.69 Å². The first-order valence-corrected chi connectivity index (χ1v) is 7.06. The zero-order chi connectivity index (χ0) is 12.4. The van der Waals surface area contributed by atoms with Crippen molar-refractivity contribution in [2.45, 2.75) is 25.9 Å². The molecule has 0 aromatic carbocycles. The molecule has 0 spiro atoms. The van der Waals surface area contributed by atoms with Gasteiger partial charge in [-0.05, 0) is 20.9 Å². The molecule has 96 valence electrons. The van der Waals surface area contributed by atoms with Gasteiger partial charge in [0.15, 0.2) is 0 Å². The molecule has 2 unspecified atom stereocenters. The van der Waals surface area contributed by atoms with E-state index >= 15 is 0 Å². The highest BCUT2D eigenvalue weighted by Gasteiger charge is 2.29. The first-order valence-electron chi connectivity index (χ1n) is 6.18. The van der Waals surface area contributed by atoms with Crippen molar-refractivity contribution in [3.05, 3.63) is 16.1 Å². The zero-order valence-electron chi connectivity index (χ0n) is 10.9. The smallest absolute Gasteiger partial charge is 0.0898 e. The van der Waals surface area contributed by atoms with E-state index in [9.17, 15) is 0 Å². The second-order valence-electron chi connectivity index (χ2n) is 4.86. The van der Waals surface area contributed by atoms with Crippen LogP contribution in [0.4, 0.5) is 0 Å². The number of nitrogens with zero attached hydrogens (tertiary/aromatic N) is 3. The number of aromatic nitrogens is 1. The Kier molecular flexibility index (Phi) is 4.14. The van der Waals surface area contributed by atoms with Crippen LogP contribution in [0.15, 0.2) is 5.38 Å². The summed E-state index contributed by atoms with van der Waals surface area (Å²) in [5, 5.41) is 3.32. The highest BCUT2D eigenvalue weighted by Crippen LogP contribution is 2.25. The van der Waals surface area contributed by atoms with Crippen molar-refractivity contribution < 1.29 is 0 Å². The number of aryl methyl sites for hydroxylation is 1. The molecule has 1 aliphatic rings. The predicted molar refractivity (Wildman–Crippen MR) is 72.3 cm³/mol. The van der Waals surface area contributed by atoms with E-state index in [-0.39, 0.29) is 0 Å². The molecule has 1 aliphatic heterocycles. The maximum Gasteiger partial charge on any atom is 0.0898 e. The number of likely N-dealkylation sites (N-methyl/N-ethyl adjacent to an activating group) is 1. The van der Waals surface area contributed by atoms with Gasteiger partial charge in [-0.3, -0.25) is 4.90 Å². The Morgan fingerprint density at radius 2 is 2.35 bits per heavy atom. The molecule has 17 heavy (non-hydrogen) atoms. The van der Waals surface area contributed by atoms with Gasteiger partial charge in [-0.2, -0.15) is 0 Å². The lowest BCUT2D eigenvalue weighted by atomic mass is 10.1. The van der Waals surface area contributed by atoms with Crippen LogP contribution in [-0.2, 0) is 0 Å². The summed E-state index contributed by atoms with van der Waals surface area (Å²) in [7, 11) is 2.16. The first kappa shape index (κ1) is 13.0. The molecule has 1 aromatic rings. The summed E-state index contributed by atoms with van der Waals surface area (Å²) in [6.07, 6.45) is 0. The fourth-order valence-corrected chi connectivity index (χ4v) is 3.19.